The van der Waals surface area contributed by atoms with E-state index in [0.717, 1.165) is 41.5 Å². The van der Waals surface area contributed by atoms with Gasteiger partial charge >= 0.3 is 35.8 Å². The van der Waals surface area contributed by atoms with Crippen LogP contribution in [-0.4, -0.2) is 137 Å². The van der Waals surface area contributed by atoms with Crippen molar-refractivity contribution >= 4 is 88.3 Å². The molecule has 1 N–H and O–H groups in total. The van der Waals surface area contributed by atoms with Crippen LogP contribution in [0.25, 0.3) is 0 Å². The number of esters is 6. The Kier molecular flexibility index (Phi) is 14.9. The summed E-state index contributed by atoms with van der Waals surface area (Å²) in [6, 6.07) is 3.66. The Morgan fingerprint density at radius 2 is 1.02 bits per heavy atom. The van der Waals surface area contributed by atoms with Gasteiger partial charge in [0.15, 0.2) is 30.7 Å². The summed E-state index contributed by atoms with van der Waals surface area (Å²) in [7, 11) is 0. The standard InChI is InChI=1S/C34H37Cl3N2O18/c1-13(40)48-11-21-24(50-15(3)42)26(23(31(54-21)57-33(38)34(35,36)37)39-29(46)19-9-7-8-10-20(19)30(39)47)56-32-28(53-18(6)45)27(52-17(5)44)25(51-16(4)43)22(55-32)12-49-14(2)41/h7-10,21-28,31-32,38H,11-12H2,1-6H3/t21-,22-,23-,24-,25+,26-,27+,28-,31+,32+/m1/s1. The largest absolute Gasteiger partial charge is 0.463 e. The van der Waals surface area contributed by atoms with E-state index in [4.69, 9.17) is 87.6 Å². The first-order valence-electron chi connectivity index (χ1n) is 16.8. The lowest BCUT2D eigenvalue weighted by Gasteiger charge is -2.50. The molecule has 3 aliphatic rings. The maximum Gasteiger partial charge on any atom is 0.303 e. The summed E-state index contributed by atoms with van der Waals surface area (Å²) >= 11 is 17.8. The van der Waals surface area contributed by atoms with Gasteiger partial charge in [-0.2, -0.15) is 0 Å². The lowest BCUT2D eigenvalue weighted by molar-refractivity contribution is -0.346. The Balaban J connectivity index is 1.98. The fourth-order valence-electron chi connectivity index (χ4n) is 6.20. The van der Waals surface area contributed by atoms with E-state index < -0.39 is 132 Å². The van der Waals surface area contributed by atoms with Crippen LogP contribution in [0, 0.1) is 5.41 Å². The van der Waals surface area contributed by atoms with Gasteiger partial charge in [-0.15, -0.1) is 0 Å². The second-order valence-corrected chi connectivity index (χ2v) is 14.8. The number of nitrogens with zero attached hydrogens (tertiary/aromatic N) is 1. The van der Waals surface area contributed by atoms with Gasteiger partial charge in [-0.1, -0.05) is 46.9 Å². The van der Waals surface area contributed by atoms with Crippen LogP contribution >= 0.6 is 34.8 Å². The van der Waals surface area contributed by atoms with Crippen LogP contribution in [0.15, 0.2) is 24.3 Å². The maximum atomic E-state index is 14.1. The fourth-order valence-corrected chi connectivity index (χ4v) is 6.33. The highest BCUT2D eigenvalue weighted by molar-refractivity contribution is 6.76. The normalized spacial score (nSPS) is 28.3. The smallest absolute Gasteiger partial charge is 0.303 e. The molecule has 4 rings (SSSR count). The van der Waals surface area contributed by atoms with Gasteiger partial charge in [0, 0.05) is 41.5 Å². The number of benzene rings is 1. The quantitative estimate of drug-likeness (QED) is 0.0783. The zero-order chi connectivity index (χ0) is 42.5. The van der Waals surface area contributed by atoms with E-state index in [-0.39, 0.29) is 11.1 Å². The Morgan fingerprint density at radius 3 is 1.44 bits per heavy atom. The molecule has 0 radical (unpaired) electrons. The Morgan fingerprint density at radius 1 is 0.614 bits per heavy atom. The number of imide groups is 1. The fraction of sp³-hybridized carbons (Fsp3) is 0.559. The third-order valence-corrected chi connectivity index (χ3v) is 8.74. The minimum Gasteiger partial charge on any atom is -0.463 e. The predicted octanol–water partition coefficient (Wildman–Crippen LogP) is 1.70. The summed E-state index contributed by atoms with van der Waals surface area (Å²) < 4.78 is 54.0. The van der Waals surface area contributed by atoms with Crippen molar-refractivity contribution in [3.05, 3.63) is 35.4 Å². The van der Waals surface area contributed by atoms with E-state index in [2.05, 4.69) is 0 Å². The molecule has 1 aromatic carbocycles. The third-order valence-electron chi connectivity index (χ3n) is 8.22. The van der Waals surface area contributed by atoms with Crippen LogP contribution in [-0.2, 0) is 76.1 Å². The van der Waals surface area contributed by atoms with Crippen molar-refractivity contribution in [1.29, 1.82) is 5.41 Å². The number of carbonyl (C=O) groups is 8. The van der Waals surface area contributed by atoms with Crippen molar-refractivity contribution in [2.75, 3.05) is 13.2 Å². The van der Waals surface area contributed by atoms with E-state index >= 15 is 0 Å². The molecule has 2 fully saturated rings. The highest BCUT2D eigenvalue weighted by Gasteiger charge is 2.61. The summed E-state index contributed by atoms with van der Waals surface area (Å²) in [5, 5.41) is 8.36. The molecule has 2 saturated heterocycles. The van der Waals surface area contributed by atoms with Crippen LogP contribution in [0.3, 0.4) is 0 Å². The van der Waals surface area contributed by atoms with Gasteiger partial charge in [0.2, 0.25) is 12.2 Å². The number of alkyl halides is 3. The highest BCUT2D eigenvalue weighted by atomic mass is 35.6. The number of amides is 2. The summed E-state index contributed by atoms with van der Waals surface area (Å²) in [5.74, 6) is -8.60. The number of halogens is 3. The van der Waals surface area contributed by atoms with Crippen LogP contribution in [0.5, 0.6) is 0 Å². The number of nitrogens with one attached hydrogen (secondary N) is 1. The number of hydrogen-bond acceptors (Lipinski definition) is 19. The van der Waals surface area contributed by atoms with Gasteiger partial charge in [0.1, 0.15) is 37.6 Å². The molecule has 2 amide bonds. The van der Waals surface area contributed by atoms with Gasteiger partial charge in [-0.05, 0) is 12.1 Å². The van der Waals surface area contributed by atoms with Gasteiger partial charge in [0.05, 0.1) is 11.1 Å². The molecule has 0 saturated carbocycles. The van der Waals surface area contributed by atoms with Crippen LogP contribution in [0.2, 0.25) is 0 Å². The van der Waals surface area contributed by atoms with E-state index in [1.807, 2.05) is 0 Å². The zero-order valence-electron chi connectivity index (χ0n) is 30.9. The molecule has 0 aromatic heterocycles. The van der Waals surface area contributed by atoms with Crippen molar-refractivity contribution in [1.82, 2.24) is 4.90 Å². The minimum absolute atomic E-state index is 0.102. The Labute approximate surface area is 338 Å². The molecule has 3 aliphatic heterocycles. The van der Waals surface area contributed by atoms with Crippen molar-refractivity contribution in [3.8, 4) is 0 Å². The van der Waals surface area contributed by atoms with Crippen molar-refractivity contribution in [3.63, 3.8) is 0 Å². The molecule has 10 atom stereocenters. The minimum atomic E-state index is -2.57. The molecule has 312 valence electrons. The lowest BCUT2D eigenvalue weighted by atomic mass is 9.93. The lowest BCUT2D eigenvalue weighted by Crippen LogP contribution is -2.70. The summed E-state index contributed by atoms with van der Waals surface area (Å²) in [6.45, 7) is 4.63. The van der Waals surface area contributed by atoms with E-state index in [1.165, 1.54) is 24.3 Å². The molecule has 23 heteroatoms. The zero-order valence-corrected chi connectivity index (χ0v) is 33.2. The van der Waals surface area contributed by atoms with E-state index in [1.54, 1.807) is 0 Å². The van der Waals surface area contributed by atoms with Crippen LogP contribution < -0.4 is 0 Å². The third kappa shape index (κ3) is 11.1. The highest BCUT2D eigenvalue weighted by Crippen LogP contribution is 2.40. The second-order valence-electron chi connectivity index (χ2n) is 12.5. The number of ether oxygens (including phenoxy) is 10. The molecule has 57 heavy (non-hydrogen) atoms. The van der Waals surface area contributed by atoms with Crippen molar-refractivity contribution in [2.24, 2.45) is 0 Å². The van der Waals surface area contributed by atoms with Crippen molar-refractivity contribution in [2.45, 2.75) is 107 Å². The Bertz CT molecular complexity index is 1750. The summed E-state index contributed by atoms with van der Waals surface area (Å²) in [4.78, 5) is 103. The monoisotopic (exact) mass is 866 g/mol. The van der Waals surface area contributed by atoms with Gasteiger partial charge in [0.25, 0.3) is 15.6 Å². The molecule has 0 aliphatic carbocycles. The molecular formula is C34H37Cl3N2O18. The topological polar surface area (TPSA) is 256 Å². The number of hydrogen-bond donors (Lipinski definition) is 1. The molecule has 0 unspecified atom stereocenters. The molecule has 3 heterocycles. The maximum absolute atomic E-state index is 14.1. The second kappa shape index (κ2) is 18.8. The predicted molar refractivity (Wildman–Crippen MR) is 188 cm³/mol. The SMILES string of the molecule is CC(=O)OC[C@H]1O[C@@H](O[C@H]2[C@H](OC(C)=O)[C@@H](COC(C)=O)O[C@@H](OC(=N)C(Cl)(Cl)Cl)[C@@H]2N2C(=O)c3ccccc3C2=O)[C@H](OC(C)=O)[C@@H](OC(C)=O)[C@H]1OC(C)=O. The van der Waals surface area contributed by atoms with Gasteiger partial charge in [-0.25, -0.2) is 0 Å². The first kappa shape index (κ1) is 45.1. The first-order chi connectivity index (χ1) is 26.6. The molecular weight excluding hydrogens is 831 g/mol. The number of rotatable bonds is 12. The van der Waals surface area contributed by atoms with E-state index in [0.29, 0.717) is 4.90 Å². The van der Waals surface area contributed by atoms with Crippen molar-refractivity contribution < 1.29 is 85.7 Å². The Hall–Kier alpha value is -4.60. The number of carbonyl (C=O) groups excluding carboxylic acids is 8. The molecule has 0 spiro atoms. The van der Waals surface area contributed by atoms with Crippen LogP contribution in [0.1, 0.15) is 62.3 Å². The number of fused-ring (bicyclic) bond motifs is 1. The van der Waals surface area contributed by atoms with Gasteiger partial charge in [-0.3, -0.25) is 48.7 Å². The molecule has 20 nitrogen and oxygen atoms in total. The van der Waals surface area contributed by atoms with Crippen LogP contribution in [0.4, 0.5) is 0 Å². The van der Waals surface area contributed by atoms with Gasteiger partial charge < -0.3 is 47.4 Å². The average Bonchev–Trinajstić information content (AvgIpc) is 3.34. The van der Waals surface area contributed by atoms with E-state index in [9.17, 15) is 38.4 Å². The molecule has 1 aromatic rings. The summed E-state index contributed by atoms with van der Waals surface area (Å²) in [5.41, 5.74) is -0.204. The molecule has 0 bridgehead atoms. The first-order valence-corrected chi connectivity index (χ1v) is 17.9. The summed E-state index contributed by atoms with van der Waals surface area (Å²) in [6.07, 6.45) is -16.3. The average molecular weight is 868 g/mol.